The first-order chi connectivity index (χ1) is 8.38. The molecule has 1 atom stereocenters. The lowest BCUT2D eigenvalue weighted by molar-refractivity contribution is 0.205. The molecule has 1 aromatic rings. The van der Waals surface area contributed by atoms with Crippen molar-refractivity contribution in [2.75, 3.05) is 11.9 Å². The maximum atomic E-state index is 13.3. The second-order valence-electron chi connectivity index (χ2n) is 4.27. The molecule has 0 aromatic heterocycles. The van der Waals surface area contributed by atoms with Gasteiger partial charge in [-0.1, -0.05) is 29.8 Å². The molecule has 1 unspecified atom stereocenters. The van der Waals surface area contributed by atoms with Crippen molar-refractivity contribution >= 4 is 15.9 Å². The fourth-order valence-corrected chi connectivity index (χ4v) is 2.22. The summed E-state index contributed by atoms with van der Waals surface area (Å²) in [6.07, 6.45) is 0. The molecule has 6 heteroatoms. The monoisotopic (exact) mass is 328 g/mol. The predicted octanol–water partition coefficient (Wildman–Crippen LogP) is 4.29. The van der Waals surface area contributed by atoms with Crippen LogP contribution in [0, 0.1) is 35.1 Å². The molecule has 0 bridgehead atoms. The van der Waals surface area contributed by atoms with Crippen LogP contribution in [0.3, 0.4) is 0 Å². The Morgan fingerprint density at radius 3 is 2.00 bits per heavy atom. The second kappa shape index (κ2) is 6.41. The van der Waals surface area contributed by atoms with Crippen LogP contribution in [0.15, 0.2) is 6.07 Å². The van der Waals surface area contributed by atoms with Gasteiger partial charge in [-0.15, -0.1) is 0 Å². The van der Waals surface area contributed by atoms with Crippen molar-refractivity contribution in [3.05, 3.63) is 29.3 Å². The highest BCUT2D eigenvalue weighted by molar-refractivity contribution is 9.09. The smallest absolute Gasteiger partial charge is 0.203 e. The van der Waals surface area contributed by atoms with E-state index in [-0.39, 0.29) is 24.5 Å². The van der Waals surface area contributed by atoms with E-state index < -0.39 is 29.0 Å². The highest BCUT2D eigenvalue weighted by atomic mass is 79.9. The van der Waals surface area contributed by atoms with Crippen molar-refractivity contribution in [1.29, 1.82) is 0 Å². The molecule has 0 aliphatic carbocycles. The van der Waals surface area contributed by atoms with Crippen LogP contribution < -0.4 is 4.74 Å². The van der Waals surface area contributed by atoms with Gasteiger partial charge in [0, 0.05) is 17.3 Å². The van der Waals surface area contributed by atoms with Gasteiger partial charge in [0.15, 0.2) is 17.4 Å². The molecule has 0 aliphatic heterocycles. The molecule has 102 valence electrons. The topological polar surface area (TPSA) is 9.23 Å². The third-order valence-corrected chi connectivity index (χ3v) is 3.49. The third-order valence-electron chi connectivity index (χ3n) is 2.65. The molecule has 0 radical (unpaired) electrons. The number of halogens is 5. The summed E-state index contributed by atoms with van der Waals surface area (Å²) in [7, 11) is 0. The van der Waals surface area contributed by atoms with E-state index in [9.17, 15) is 17.6 Å². The van der Waals surface area contributed by atoms with E-state index in [2.05, 4.69) is 15.9 Å². The lowest BCUT2D eigenvalue weighted by Gasteiger charge is -2.19. The molecule has 18 heavy (non-hydrogen) atoms. The number of alkyl halides is 1. The number of benzene rings is 1. The maximum absolute atomic E-state index is 13.3. The fraction of sp³-hybridized carbons (Fsp3) is 0.500. The SMILES string of the molecule is CC(C)C(CBr)COc1c(F)c(F)cc(F)c1F. The van der Waals surface area contributed by atoms with Crippen LogP contribution in [0.1, 0.15) is 13.8 Å². The quantitative estimate of drug-likeness (QED) is 0.445. The van der Waals surface area contributed by atoms with Gasteiger partial charge in [-0.3, -0.25) is 0 Å². The fourth-order valence-electron chi connectivity index (χ4n) is 1.28. The number of rotatable bonds is 5. The summed E-state index contributed by atoms with van der Waals surface area (Å²) in [6.45, 7) is 3.79. The van der Waals surface area contributed by atoms with Crippen molar-refractivity contribution in [2.45, 2.75) is 13.8 Å². The Hall–Kier alpha value is -0.780. The Labute approximate surface area is 111 Å². The van der Waals surface area contributed by atoms with E-state index in [0.717, 1.165) is 0 Å². The molecule has 0 fully saturated rings. The summed E-state index contributed by atoms with van der Waals surface area (Å²) in [5.41, 5.74) is 0. The largest absolute Gasteiger partial charge is 0.487 e. The van der Waals surface area contributed by atoms with Gasteiger partial charge in [0.25, 0.3) is 0 Å². The first-order valence-electron chi connectivity index (χ1n) is 5.40. The lowest BCUT2D eigenvalue weighted by atomic mass is 9.99. The van der Waals surface area contributed by atoms with Gasteiger partial charge in [0.05, 0.1) is 6.61 Å². The van der Waals surface area contributed by atoms with Crippen LogP contribution in [-0.4, -0.2) is 11.9 Å². The van der Waals surface area contributed by atoms with Gasteiger partial charge in [-0.25, -0.2) is 8.78 Å². The zero-order valence-electron chi connectivity index (χ0n) is 9.94. The zero-order chi connectivity index (χ0) is 13.9. The lowest BCUT2D eigenvalue weighted by Crippen LogP contribution is -2.20. The minimum absolute atomic E-state index is 0.0184. The molecule has 0 spiro atoms. The highest BCUT2D eigenvalue weighted by Gasteiger charge is 2.22. The highest BCUT2D eigenvalue weighted by Crippen LogP contribution is 2.27. The molecular weight excluding hydrogens is 316 g/mol. The van der Waals surface area contributed by atoms with Gasteiger partial charge in [-0.05, 0) is 5.92 Å². The average molecular weight is 329 g/mol. The van der Waals surface area contributed by atoms with Crippen molar-refractivity contribution in [1.82, 2.24) is 0 Å². The standard InChI is InChI=1S/C12H13BrF4O/c1-6(2)7(4-13)5-18-12-10(16)8(14)3-9(15)11(12)17/h3,6-7H,4-5H2,1-2H3. The van der Waals surface area contributed by atoms with Crippen molar-refractivity contribution in [3.8, 4) is 5.75 Å². The summed E-state index contributed by atoms with van der Waals surface area (Å²) in [6, 6.07) is 0.155. The Balaban J connectivity index is 2.91. The molecule has 1 rings (SSSR count). The summed E-state index contributed by atoms with van der Waals surface area (Å²) in [5.74, 6) is -6.77. The van der Waals surface area contributed by atoms with E-state index in [1.165, 1.54) is 0 Å². The molecule has 0 N–H and O–H groups in total. The molecule has 1 aromatic carbocycles. The molecule has 0 saturated heterocycles. The first kappa shape index (κ1) is 15.3. The maximum Gasteiger partial charge on any atom is 0.203 e. The van der Waals surface area contributed by atoms with E-state index in [1.807, 2.05) is 13.8 Å². The molecule has 0 heterocycles. The zero-order valence-corrected chi connectivity index (χ0v) is 11.5. The Morgan fingerprint density at radius 1 is 1.11 bits per heavy atom. The van der Waals surface area contributed by atoms with Crippen LogP contribution >= 0.6 is 15.9 Å². The van der Waals surface area contributed by atoms with Crippen LogP contribution in [-0.2, 0) is 0 Å². The van der Waals surface area contributed by atoms with Crippen molar-refractivity contribution in [3.63, 3.8) is 0 Å². The number of hydrogen-bond acceptors (Lipinski definition) is 1. The summed E-state index contributed by atoms with van der Waals surface area (Å²) in [4.78, 5) is 0. The average Bonchev–Trinajstić information content (AvgIpc) is 2.31. The normalized spacial score (nSPS) is 12.9. The Morgan fingerprint density at radius 2 is 1.61 bits per heavy atom. The third kappa shape index (κ3) is 3.37. The van der Waals surface area contributed by atoms with Crippen LogP contribution in [0.2, 0.25) is 0 Å². The Bertz CT molecular complexity index is 397. The molecule has 0 aliphatic rings. The number of ether oxygens (including phenoxy) is 1. The molecule has 1 nitrogen and oxygen atoms in total. The minimum atomic E-state index is -1.51. The Kier molecular flexibility index (Phi) is 5.44. The summed E-state index contributed by atoms with van der Waals surface area (Å²) >= 11 is 3.24. The molecular formula is C12H13BrF4O. The first-order valence-corrected chi connectivity index (χ1v) is 6.52. The summed E-state index contributed by atoms with van der Waals surface area (Å²) < 4.78 is 57.3. The van der Waals surface area contributed by atoms with Crippen LogP contribution in [0.25, 0.3) is 0 Å². The summed E-state index contributed by atoms with van der Waals surface area (Å²) in [5, 5.41) is 0.561. The number of hydrogen-bond donors (Lipinski definition) is 0. The minimum Gasteiger partial charge on any atom is -0.487 e. The van der Waals surface area contributed by atoms with Gasteiger partial charge >= 0.3 is 0 Å². The van der Waals surface area contributed by atoms with E-state index in [1.54, 1.807) is 0 Å². The van der Waals surface area contributed by atoms with Gasteiger partial charge < -0.3 is 4.74 Å². The van der Waals surface area contributed by atoms with E-state index >= 15 is 0 Å². The van der Waals surface area contributed by atoms with Crippen molar-refractivity contribution < 1.29 is 22.3 Å². The van der Waals surface area contributed by atoms with E-state index in [0.29, 0.717) is 5.33 Å². The molecule has 0 amide bonds. The van der Waals surface area contributed by atoms with E-state index in [4.69, 9.17) is 4.74 Å². The second-order valence-corrected chi connectivity index (χ2v) is 4.91. The van der Waals surface area contributed by atoms with Gasteiger partial charge in [0.2, 0.25) is 11.6 Å². The predicted molar refractivity (Wildman–Crippen MR) is 63.9 cm³/mol. The van der Waals surface area contributed by atoms with Gasteiger partial charge in [-0.2, -0.15) is 8.78 Å². The van der Waals surface area contributed by atoms with Crippen LogP contribution in [0.4, 0.5) is 17.6 Å². The van der Waals surface area contributed by atoms with Crippen molar-refractivity contribution in [2.24, 2.45) is 11.8 Å². The van der Waals surface area contributed by atoms with Gasteiger partial charge in [0.1, 0.15) is 0 Å². The van der Waals surface area contributed by atoms with Crippen LogP contribution in [0.5, 0.6) is 5.75 Å². The molecule has 0 saturated carbocycles.